The van der Waals surface area contributed by atoms with Gasteiger partial charge in [0, 0.05) is 4.48 Å². The maximum atomic E-state index is 3.74. The van der Waals surface area contributed by atoms with E-state index in [-0.39, 0.29) is 0 Å². The van der Waals surface area contributed by atoms with Crippen LogP contribution in [0.2, 0.25) is 0 Å². The van der Waals surface area contributed by atoms with E-state index in [0.717, 1.165) is 15.6 Å². The molecule has 0 aromatic carbocycles. The van der Waals surface area contributed by atoms with Crippen molar-refractivity contribution >= 4 is 15.9 Å². The highest BCUT2D eigenvalue weighted by Crippen LogP contribution is 2.20. The Morgan fingerprint density at radius 1 is 1.00 bits per heavy atom. The van der Waals surface area contributed by atoms with Crippen molar-refractivity contribution in [2.24, 2.45) is 0 Å². The zero-order valence-corrected chi connectivity index (χ0v) is 8.02. The first-order valence-corrected chi connectivity index (χ1v) is 3.93. The Morgan fingerprint density at radius 2 is 1.45 bits per heavy atom. The van der Waals surface area contributed by atoms with Crippen molar-refractivity contribution in [3.05, 3.63) is 60.2 Å². The molecule has 0 rings (SSSR count). The van der Waals surface area contributed by atoms with Gasteiger partial charge in [-0.2, -0.15) is 0 Å². The second-order valence-electron chi connectivity index (χ2n) is 1.89. The molecule has 0 amide bonds. The highest BCUT2D eigenvalue weighted by molar-refractivity contribution is 9.11. The fourth-order valence-electron chi connectivity index (χ4n) is 0.688. The summed E-state index contributed by atoms with van der Waals surface area (Å²) in [5, 5.41) is 0. The topological polar surface area (TPSA) is 0 Å². The highest BCUT2D eigenvalue weighted by atomic mass is 79.9. The van der Waals surface area contributed by atoms with E-state index >= 15 is 0 Å². The molecule has 0 spiro atoms. The molecule has 0 unspecified atom stereocenters. The van der Waals surface area contributed by atoms with Gasteiger partial charge < -0.3 is 0 Å². The van der Waals surface area contributed by atoms with Gasteiger partial charge in [-0.25, -0.2) is 0 Å². The van der Waals surface area contributed by atoms with Crippen LogP contribution in [0, 0.1) is 0 Å². The normalized spacial score (nSPS) is 8.09. The lowest BCUT2D eigenvalue weighted by Gasteiger charge is -2.01. The van der Waals surface area contributed by atoms with Gasteiger partial charge in [0.05, 0.1) is 0 Å². The second-order valence-corrected chi connectivity index (χ2v) is 2.84. The van der Waals surface area contributed by atoms with Crippen molar-refractivity contribution in [1.29, 1.82) is 0 Å². The lowest BCUT2D eigenvalue weighted by molar-refractivity contribution is 1.58. The lowest BCUT2D eigenvalue weighted by atomic mass is 10.1. The van der Waals surface area contributed by atoms with Crippen LogP contribution in [0.3, 0.4) is 0 Å². The first-order valence-electron chi connectivity index (χ1n) is 3.13. The van der Waals surface area contributed by atoms with Crippen molar-refractivity contribution in [1.82, 2.24) is 0 Å². The minimum Gasteiger partial charge on any atom is -0.0984 e. The minimum atomic E-state index is 0.794. The molecule has 0 radical (unpaired) electrons. The van der Waals surface area contributed by atoms with Crippen molar-refractivity contribution < 1.29 is 0 Å². The Labute approximate surface area is 76.4 Å². The largest absolute Gasteiger partial charge is 0.0984 e. The van der Waals surface area contributed by atoms with E-state index in [1.54, 1.807) is 18.2 Å². The van der Waals surface area contributed by atoms with Gasteiger partial charge in [-0.3, -0.25) is 0 Å². The number of hydrogen-bond donors (Lipinski definition) is 0. The van der Waals surface area contributed by atoms with Gasteiger partial charge in [-0.1, -0.05) is 60.5 Å². The maximum Gasteiger partial charge on any atom is 0.0181 e. The molecule has 0 aliphatic carbocycles. The lowest BCUT2D eigenvalue weighted by Crippen LogP contribution is -1.81. The van der Waals surface area contributed by atoms with Crippen LogP contribution in [0.4, 0.5) is 0 Å². The summed E-state index contributed by atoms with van der Waals surface area (Å²) in [7, 11) is 0. The van der Waals surface area contributed by atoms with E-state index in [0.29, 0.717) is 0 Å². The summed E-state index contributed by atoms with van der Waals surface area (Å²) in [5.41, 5.74) is 1.86. The predicted octanol–water partition coefficient (Wildman–Crippen LogP) is 3.75. The van der Waals surface area contributed by atoms with Crippen LogP contribution in [0.15, 0.2) is 60.2 Å². The van der Waals surface area contributed by atoms with Crippen LogP contribution in [0.5, 0.6) is 0 Å². The van der Waals surface area contributed by atoms with E-state index in [1.807, 2.05) is 0 Å². The molecule has 0 aliphatic heterocycles. The summed E-state index contributed by atoms with van der Waals surface area (Å²) < 4.78 is 0.794. The van der Waals surface area contributed by atoms with E-state index in [9.17, 15) is 0 Å². The molecule has 0 atom stereocenters. The van der Waals surface area contributed by atoms with Crippen molar-refractivity contribution in [2.75, 3.05) is 0 Å². The van der Waals surface area contributed by atoms with Gasteiger partial charge in [0.1, 0.15) is 0 Å². The summed E-state index contributed by atoms with van der Waals surface area (Å²) in [4.78, 5) is 0. The summed E-state index contributed by atoms with van der Waals surface area (Å²) in [6.07, 6.45) is 5.16. The molecule has 0 aromatic rings. The van der Waals surface area contributed by atoms with Crippen LogP contribution in [-0.4, -0.2) is 0 Å². The molecular formula is C10H11Br. The molecule has 0 nitrogen and oxygen atoms in total. The number of rotatable bonds is 4. The molecule has 0 saturated carbocycles. The first-order chi connectivity index (χ1) is 5.17. The van der Waals surface area contributed by atoms with Crippen LogP contribution in [0.1, 0.15) is 0 Å². The van der Waals surface area contributed by atoms with Crippen molar-refractivity contribution in [3.63, 3.8) is 0 Å². The van der Waals surface area contributed by atoms with Gasteiger partial charge >= 0.3 is 0 Å². The molecule has 0 aliphatic rings. The number of hydrogen-bond acceptors (Lipinski definition) is 0. The standard InChI is InChI=1S/C10H11Br/c1-5-9(6-2)10(7-3)8(4)11/h5-7H,1-4H2. The van der Waals surface area contributed by atoms with Crippen LogP contribution >= 0.6 is 15.9 Å². The van der Waals surface area contributed by atoms with Crippen LogP contribution in [0.25, 0.3) is 0 Å². The Hall–Kier alpha value is -0.820. The summed E-state index contributed by atoms with van der Waals surface area (Å²) in [5.74, 6) is 0. The van der Waals surface area contributed by atoms with Crippen molar-refractivity contribution in [3.8, 4) is 0 Å². The van der Waals surface area contributed by atoms with Crippen molar-refractivity contribution in [2.45, 2.75) is 0 Å². The third-order valence-electron chi connectivity index (χ3n) is 1.25. The quantitative estimate of drug-likeness (QED) is 0.621. The van der Waals surface area contributed by atoms with Crippen LogP contribution in [-0.2, 0) is 0 Å². The SMILES string of the molecule is C=CC(C=C)=C(C=C)C(=C)Br. The molecule has 0 aromatic heterocycles. The molecular weight excluding hydrogens is 200 g/mol. The zero-order chi connectivity index (χ0) is 8.85. The molecule has 58 valence electrons. The third kappa shape index (κ3) is 2.72. The molecule has 0 bridgehead atoms. The Bertz CT molecular complexity index is 221. The van der Waals surface area contributed by atoms with Crippen LogP contribution < -0.4 is 0 Å². The molecule has 0 saturated heterocycles. The molecule has 1 heteroatoms. The average Bonchev–Trinajstić information content (AvgIpc) is 1.99. The number of allylic oxidation sites excluding steroid dienone is 6. The molecule has 0 fully saturated rings. The van der Waals surface area contributed by atoms with E-state index in [2.05, 4.69) is 42.2 Å². The van der Waals surface area contributed by atoms with E-state index in [1.165, 1.54) is 0 Å². The van der Waals surface area contributed by atoms with Gasteiger partial charge in [-0.05, 0) is 11.1 Å². The fourth-order valence-corrected chi connectivity index (χ4v) is 1.08. The molecule has 0 heterocycles. The monoisotopic (exact) mass is 210 g/mol. The van der Waals surface area contributed by atoms with Gasteiger partial charge in [-0.15, -0.1) is 0 Å². The second kappa shape index (κ2) is 4.91. The zero-order valence-electron chi connectivity index (χ0n) is 6.44. The minimum absolute atomic E-state index is 0.794. The van der Waals surface area contributed by atoms with E-state index in [4.69, 9.17) is 0 Å². The third-order valence-corrected chi connectivity index (χ3v) is 1.67. The summed E-state index contributed by atoms with van der Waals surface area (Å²) in [6.45, 7) is 14.7. The Kier molecular flexibility index (Phi) is 4.55. The average molecular weight is 211 g/mol. The smallest absolute Gasteiger partial charge is 0.0181 e. The number of halogens is 1. The molecule has 0 N–H and O–H groups in total. The highest BCUT2D eigenvalue weighted by Gasteiger charge is 1.97. The summed E-state index contributed by atoms with van der Waals surface area (Å²) >= 11 is 3.26. The maximum absolute atomic E-state index is 3.74. The fraction of sp³-hybridized carbons (Fsp3) is 0. The molecule has 11 heavy (non-hydrogen) atoms. The van der Waals surface area contributed by atoms with Gasteiger partial charge in [0.25, 0.3) is 0 Å². The Morgan fingerprint density at radius 3 is 1.55 bits per heavy atom. The van der Waals surface area contributed by atoms with Gasteiger partial charge in [0.15, 0.2) is 0 Å². The summed E-state index contributed by atoms with van der Waals surface area (Å²) in [6, 6.07) is 0. The Balaban J connectivity index is 5.08. The van der Waals surface area contributed by atoms with E-state index < -0.39 is 0 Å². The first kappa shape index (κ1) is 10.2. The predicted molar refractivity (Wildman–Crippen MR) is 55.7 cm³/mol. The van der Waals surface area contributed by atoms with Gasteiger partial charge in [0.2, 0.25) is 0 Å².